The van der Waals surface area contributed by atoms with Crippen LogP contribution in [0.25, 0.3) is 0 Å². The first-order valence-electron chi connectivity index (χ1n) is 5.80. The zero-order valence-electron chi connectivity index (χ0n) is 11.9. The molecule has 1 rings (SSSR count). The van der Waals surface area contributed by atoms with E-state index in [-0.39, 0.29) is 30.1 Å². The van der Waals surface area contributed by atoms with Gasteiger partial charge in [-0.1, -0.05) is 6.58 Å². The highest BCUT2D eigenvalue weighted by atomic mass is 127. The van der Waals surface area contributed by atoms with Gasteiger partial charge in [0.05, 0.1) is 14.1 Å². The molecular formula is C14H21IN2O2. The number of nitrogens with zero attached hydrogens (tertiary/aromatic N) is 2. The van der Waals surface area contributed by atoms with Crippen LogP contribution in [0.4, 0.5) is 10.5 Å². The second-order valence-corrected chi connectivity index (χ2v) is 4.91. The van der Waals surface area contributed by atoms with Gasteiger partial charge >= 0.3 is 6.09 Å². The Balaban J connectivity index is 0.00000324. The van der Waals surface area contributed by atoms with Crippen molar-refractivity contribution in [2.24, 2.45) is 0 Å². The van der Waals surface area contributed by atoms with Crippen molar-refractivity contribution < 1.29 is 33.5 Å². The molecule has 0 bridgehead atoms. The number of hydrogen-bond acceptors (Lipinski definition) is 2. The predicted molar refractivity (Wildman–Crippen MR) is 74.9 cm³/mol. The summed E-state index contributed by atoms with van der Waals surface area (Å²) in [4.78, 5) is 12.8. The molecule has 0 aliphatic rings. The van der Waals surface area contributed by atoms with E-state index in [9.17, 15) is 4.79 Å². The third-order valence-corrected chi connectivity index (χ3v) is 2.69. The van der Waals surface area contributed by atoms with Crippen molar-refractivity contribution >= 4 is 11.8 Å². The van der Waals surface area contributed by atoms with E-state index in [1.807, 2.05) is 18.2 Å². The van der Waals surface area contributed by atoms with Gasteiger partial charge in [0.15, 0.2) is 0 Å². The molecule has 1 aromatic rings. The van der Waals surface area contributed by atoms with Crippen LogP contribution in [-0.4, -0.2) is 45.7 Å². The highest BCUT2D eigenvalue weighted by Gasteiger charge is 2.17. The predicted octanol–water partition coefficient (Wildman–Crippen LogP) is -0.496. The Morgan fingerprint density at radius 1 is 1.32 bits per heavy atom. The molecule has 0 spiro atoms. The lowest BCUT2D eigenvalue weighted by atomic mass is 10.2. The fourth-order valence-electron chi connectivity index (χ4n) is 1.54. The molecule has 0 fully saturated rings. The van der Waals surface area contributed by atoms with Crippen molar-refractivity contribution in [3.63, 3.8) is 0 Å². The van der Waals surface area contributed by atoms with E-state index in [1.54, 1.807) is 26.2 Å². The second-order valence-electron chi connectivity index (χ2n) is 4.91. The van der Waals surface area contributed by atoms with Crippen molar-refractivity contribution in [1.29, 1.82) is 0 Å². The van der Waals surface area contributed by atoms with E-state index < -0.39 is 0 Å². The van der Waals surface area contributed by atoms with Gasteiger partial charge < -0.3 is 33.6 Å². The summed E-state index contributed by atoms with van der Waals surface area (Å²) in [6, 6.07) is 7.53. The zero-order chi connectivity index (χ0) is 13.8. The summed E-state index contributed by atoms with van der Waals surface area (Å²) in [5.74, 6) is 0.552. The Hall–Kier alpha value is -1.08. The summed E-state index contributed by atoms with van der Waals surface area (Å²) in [5, 5.41) is 0. The first-order chi connectivity index (χ1) is 8.36. The van der Waals surface area contributed by atoms with Crippen LogP contribution in [0.2, 0.25) is 0 Å². The monoisotopic (exact) mass is 376 g/mol. The van der Waals surface area contributed by atoms with Gasteiger partial charge in [-0.15, -0.1) is 0 Å². The molecule has 0 atom stereocenters. The van der Waals surface area contributed by atoms with Gasteiger partial charge in [-0.25, -0.2) is 4.79 Å². The number of quaternary nitrogens is 1. The molecule has 0 aromatic heterocycles. The summed E-state index contributed by atoms with van der Waals surface area (Å²) in [7, 11) is 7.51. The maximum Gasteiger partial charge on any atom is 0.414 e. The highest BCUT2D eigenvalue weighted by molar-refractivity contribution is 5.70. The molecule has 0 aliphatic carbocycles. The number of amides is 1. The summed E-state index contributed by atoms with van der Waals surface area (Å²) >= 11 is 0. The molecular weight excluding hydrogens is 355 g/mol. The lowest BCUT2D eigenvalue weighted by molar-refractivity contribution is -0.00000906. The third kappa shape index (κ3) is 5.20. The van der Waals surface area contributed by atoms with E-state index in [4.69, 9.17) is 4.74 Å². The van der Waals surface area contributed by atoms with Crippen LogP contribution in [0.15, 0.2) is 36.9 Å². The highest BCUT2D eigenvalue weighted by Crippen LogP contribution is 2.22. The van der Waals surface area contributed by atoms with E-state index in [2.05, 4.69) is 20.7 Å². The molecule has 0 radical (unpaired) electrons. The number of rotatable bonds is 4. The van der Waals surface area contributed by atoms with Gasteiger partial charge in [0.25, 0.3) is 0 Å². The first-order valence-corrected chi connectivity index (χ1v) is 5.80. The maximum atomic E-state index is 11.4. The molecule has 4 nitrogen and oxygen atoms in total. The Bertz CT molecular complexity index is 428. The van der Waals surface area contributed by atoms with Crippen LogP contribution < -0.4 is 33.2 Å². The summed E-state index contributed by atoms with van der Waals surface area (Å²) in [6.45, 7) is 4.60. The topological polar surface area (TPSA) is 29.5 Å². The number of carbonyl (C=O) groups is 1. The number of benzene rings is 1. The molecule has 19 heavy (non-hydrogen) atoms. The van der Waals surface area contributed by atoms with Crippen molar-refractivity contribution in [3.8, 4) is 5.75 Å². The number of likely N-dealkylation sites (N-methyl/N-ethyl adjacent to an activating group) is 1. The minimum absolute atomic E-state index is 0. The summed E-state index contributed by atoms with van der Waals surface area (Å²) < 4.78 is 5.88. The lowest BCUT2D eigenvalue weighted by Crippen LogP contribution is -3.00. The molecule has 106 valence electrons. The molecule has 0 heterocycles. The van der Waals surface area contributed by atoms with E-state index >= 15 is 0 Å². The standard InChI is InChI=1S/C14H21N2O2.HI/c1-6-11-16(4,5)12-7-9-13(10-8-12)18-14(17)15(2)3;/h6-10H,1,11H2,2-5H3;1H/q+1;/p-1. The number of halogens is 1. The molecule has 1 amide bonds. The van der Waals surface area contributed by atoms with Crippen LogP contribution in [0.3, 0.4) is 0 Å². The third-order valence-electron chi connectivity index (χ3n) is 2.69. The molecule has 0 aliphatic heterocycles. The normalized spacial score (nSPS) is 10.3. The molecule has 0 N–H and O–H groups in total. The zero-order valence-corrected chi connectivity index (χ0v) is 14.0. The van der Waals surface area contributed by atoms with Crippen molar-refractivity contribution in [2.75, 3.05) is 34.7 Å². The molecule has 5 heteroatoms. The summed E-state index contributed by atoms with van der Waals surface area (Å²) in [6.07, 6.45) is 1.52. The Labute approximate surface area is 132 Å². The average molecular weight is 376 g/mol. The largest absolute Gasteiger partial charge is 1.00 e. The van der Waals surface area contributed by atoms with Crippen LogP contribution in [0, 0.1) is 0 Å². The van der Waals surface area contributed by atoms with E-state index in [0.717, 1.165) is 12.2 Å². The van der Waals surface area contributed by atoms with Crippen LogP contribution >= 0.6 is 0 Å². The first kappa shape index (κ1) is 17.9. The van der Waals surface area contributed by atoms with Gasteiger partial charge in [0.1, 0.15) is 18.0 Å². The van der Waals surface area contributed by atoms with Crippen molar-refractivity contribution in [2.45, 2.75) is 0 Å². The Kier molecular flexibility index (Phi) is 7.07. The Morgan fingerprint density at radius 3 is 2.26 bits per heavy atom. The van der Waals surface area contributed by atoms with E-state index in [0.29, 0.717) is 10.2 Å². The Morgan fingerprint density at radius 2 is 1.84 bits per heavy atom. The molecule has 0 unspecified atom stereocenters. The van der Waals surface area contributed by atoms with Gasteiger partial charge in [-0.05, 0) is 18.2 Å². The van der Waals surface area contributed by atoms with Gasteiger partial charge in [0, 0.05) is 26.2 Å². The number of hydrogen-bond donors (Lipinski definition) is 0. The van der Waals surface area contributed by atoms with Crippen LogP contribution in [0.1, 0.15) is 0 Å². The van der Waals surface area contributed by atoms with E-state index in [1.165, 1.54) is 4.90 Å². The molecule has 0 saturated heterocycles. The van der Waals surface area contributed by atoms with Gasteiger partial charge in [0.2, 0.25) is 0 Å². The fraction of sp³-hybridized carbons (Fsp3) is 0.357. The van der Waals surface area contributed by atoms with Crippen LogP contribution in [0.5, 0.6) is 5.75 Å². The fourth-order valence-corrected chi connectivity index (χ4v) is 1.54. The lowest BCUT2D eigenvalue weighted by Gasteiger charge is -2.27. The minimum atomic E-state index is -0.373. The van der Waals surface area contributed by atoms with Crippen LogP contribution in [-0.2, 0) is 0 Å². The van der Waals surface area contributed by atoms with Crippen molar-refractivity contribution in [1.82, 2.24) is 9.38 Å². The van der Waals surface area contributed by atoms with Gasteiger partial charge in [-0.2, -0.15) is 0 Å². The maximum absolute atomic E-state index is 11.4. The minimum Gasteiger partial charge on any atom is -1.00 e. The SMILES string of the molecule is C=CC[N+](C)(C)c1ccc(OC(=O)N(C)C)cc1.[I-]. The number of carbonyl (C=O) groups excluding carboxylic acids is 1. The smallest absolute Gasteiger partial charge is 0.414 e. The average Bonchev–Trinajstić information content (AvgIpc) is 2.29. The second kappa shape index (κ2) is 7.49. The quantitative estimate of drug-likeness (QED) is 0.403. The number of ether oxygens (including phenoxy) is 1. The summed E-state index contributed by atoms with van der Waals surface area (Å²) in [5.41, 5.74) is 1.14. The van der Waals surface area contributed by atoms with Gasteiger partial charge in [-0.3, -0.25) is 4.48 Å². The van der Waals surface area contributed by atoms with Crippen molar-refractivity contribution in [3.05, 3.63) is 36.9 Å². The molecule has 0 saturated carbocycles. The molecule has 1 aromatic carbocycles.